The second-order valence-electron chi connectivity index (χ2n) is 5.05. The van der Waals surface area contributed by atoms with Crippen LogP contribution in [0.25, 0.3) is 0 Å². The monoisotopic (exact) mass is 229 g/mol. The third-order valence-corrected chi connectivity index (χ3v) is 3.98. The third kappa shape index (κ3) is 4.04. The molecule has 0 aliphatic heterocycles. The van der Waals surface area contributed by atoms with Gasteiger partial charge in [0.15, 0.2) is 0 Å². The third-order valence-electron chi connectivity index (χ3n) is 3.98. The summed E-state index contributed by atoms with van der Waals surface area (Å²) in [5.74, 6) is 0.546. The van der Waals surface area contributed by atoms with E-state index in [1.54, 1.807) is 7.11 Å². The van der Waals surface area contributed by atoms with Crippen LogP contribution in [-0.2, 0) is 4.74 Å². The van der Waals surface area contributed by atoms with Gasteiger partial charge in [0.2, 0.25) is 0 Å². The van der Waals surface area contributed by atoms with E-state index in [0.29, 0.717) is 18.1 Å². The lowest BCUT2D eigenvalue weighted by Gasteiger charge is -2.33. The minimum absolute atomic E-state index is 0.249. The Kier molecular flexibility index (Phi) is 6.32. The number of aliphatic hydroxyl groups is 1. The van der Waals surface area contributed by atoms with E-state index in [-0.39, 0.29) is 12.6 Å². The molecule has 3 nitrogen and oxygen atoms in total. The van der Waals surface area contributed by atoms with Crippen molar-refractivity contribution in [2.24, 2.45) is 5.92 Å². The first-order valence-electron chi connectivity index (χ1n) is 6.60. The molecular weight excluding hydrogens is 202 g/mol. The molecule has 0 bridgehead atoms. The highest BCUT2D eigenvalue weighted by atomic mass is 16.5. The lowest BCUT2D eigenvalue weighted by molar-refractivity contribution is 0.0578. The number of hydrogen-bond donors (Lipinski definition) is 2. The zero-order valence-electron chi connectivity index (χ0n) is 10.9. The molecule has 3 heteroatoms. The Hall–Kier alpha value is -0.120. The number of hydrogen-bond acceptors (Lipinski definition) is 3. The minimum Gasteiger partial charge on any atom is -0.395 e. The summed E-state index contributed by atoms with van der Waals surface area (Å²) in [5, 5.41) is 13.0. The van der Waals surface area contributed by atoms with Crippen LogP contribution in [0.2, 0.25) is 0 Å². The summed E-state index contributed by atoms with van der Waals surface area (Å²) < 4.78 is 5.36. The molecule has 1 fully saturated rings. The second-order valence-corrected chi connectivity index (χ2v) is 5.05. The Labute approximate surface area is 99.6 Å². The van der Waals surface area contributed by atoms with Gasteiger partial charge in [0.1, 0.15) is 0 Å². The summed E-state index contributed by atoms with van der Waals surface area (Å²) in [4.78, 5) is 0. The fourth-order valence-corrected chi connectivity index (χ4v) is 2.45. The van der Waals surface area contributed by atoms with E-state index in [9.17, 15) is 5.11 Å². The Morgan fingerprint density at radius 1 is 1.31 bits per heavy atom. The fourth-order valence-electron chi connectivity index (χ4n) is 2.45. The van der Waals surface area contributed by atoms with Gasteiger partial charge in [-0.1, -0.05) is 20.3 Å². The normalized spacial score (nSPS) is 30.0. The van der Waals surface area contributed by atoms with Crippen LogP contribution in [0.15, 0.2) is 0 Å². The van der Waals surface area contributed by atoms with Gasteiger partial charge in [0.05, 0.1) is 12.7 Å². The Morgan fingerprint density at radius 3 is 2.38 bits per heavy atom. The van der Waals surface area contributed by atoms with Crippen LogP contribution in [0.4, 0.5) is 0 Å². The van der Waals surface area contributed by atoms with Gasteiger partial charge in [-0.2, -0.15) is 0 Å². The zero-order chi connectivity index (χ0) is 12.0. The van der Waals surface area contributed by atoms with Crippen molar-refractivity contribution < 1.29 is 9.84 Å². The molecule has 0 aromatic carbocycles. The van der Waals surface area contributed by atoms with Crippen LogP contribution in [-0.4, -0.2) is 37.0 Å². The number of aliphatic hydroxyl groups excluding tert-OH is 1. The summed E-state index contributed by atoms with van der Waals surface area (Å²) in [6.07, 6.45) is 6.21. The van der Waals surface area contributed by atoms with Gasteiger partial charge < -0.3 is 15.2 Å². The maximum atomic E-state index is 9.37. The lowest BCUT2D eigenvalue weighted by Crippen LogP contribution is -2.46. The summed E-state index contributed by atoms with van der Waals surface area (Å²) >= 11 is 0. The smallest absolute Gasteiger partial charge is 0.0587 e. The van der Waals surface area contributed by atoms with Crippen molar-refractivity contribution in [2.45, 2.75) is 64.1 Å². The van der Waals surface area contributed by atoms with E-state index in [0.717, 1.165) is 19.3 Å². The molecule has 0 radical (unpaired) electrons. The van der Waals surface area contributed by atoms with E-state index >= 15 is 0 Å². The predicted molar refractivity (Wildman–Crippen MR) is 66.5 cm³/mol. The molecule has 1 rings (SSSR count). The van der Waals surface area contributed by atoms with Gasteiger partial charge in [-0.05, 0) is 31.6 Å². The summed E-state index contributed by atoms with van der Waals surface area (Å²) in [6, 6.07) is 0.826. The molecule has 0 saturated heterocycles. The van der Waals surface area contributed by atoms with E-state index in [1.807, 2.05) is 0 Å². The van der Waals surface area contributed by atoms with Crippen molar-refractivity contribution >= 4 is 0 Å². The molecular formula is C13H27NO2. The maximum Gasteiger partial charge on any atom is 0.0587 e. The van der Waals surface area contributed by atoms with Gasteiger partial charge in [-0.25, -0.2) is 0 Å². The molecule has 0 aromatic rings. The van der Waals surface area contributed by atoms with Crippen molar-refractivity contribution in [3.05, 3.63) is 0 Å². The topological polar surface area (TPSA) is 41.5 Å². The first-order chi connectivity index (χ1) is 7.71. The number of ether oxygens (including phenoxy) is 1. The van der Waals surface area contributed by atoms with Crippen LogP contribution in [0, 0.1) is 5.92 Å². The minimum atomic E-state index is 0.249. The van der Waals surface area contributed by atoms with E-state index in [1.165, 1.54) is 12.8 Å². The maximum absolute atomic E-state index is 9.37. The van der Waals surface area contributed by atoms with Crippen LogP contribution < -0.4 is 5.32 Å². The largest absolute Gasteiger partial charge is 0.395 e. The number of methoxy groups -OCH3 is 1. The molecule has 96 valence electrons. The molecule has 2 atom stereocenters. The fraction of sp³-hybridized carbons (Fsp3) is 1.00. The number of nitrogens with one attached hydrogen (secondary N) is 1. The van der Waals surface area contributed by atoms with Crippen molar-refractivity contribution in [3.8, 4) is 0 Å². The SMILES string of the molecule is CCC(C)C(CO)NC1CCC(OC)CC1. The first kappa shape index (κ1) is 13.9. The quantitative estimate of drug-likeness (QED) is 0.731. The Morgan fingerprint density at radius 2 is 1.94 bits per heavy atom. The highest BCUT2D eigenvalue weighted by Gasteiger charge is 2.24. The summed E-state index contributed by atoms with van der Waals surface area (Å²) in [6.45, 7) is 4.63. The van der Waals surface area contributed by atoms with Gasteiger partial charge >= 0.3 is 0 Å². The lowest BCUT2D eigenvalue weighted by atomic mass is 9.90. The van der Waals surface area contributed by atoms with Crippen molar-refractivity contribution in [3.63, 3.8) is 0 Å². The summed E-state index contributed by atoms with van der Waals surface area (Å²) in [7, 11) is 1.80. The van der Waals surface area contributed by atoms with Crippen LogP contribution >= 0.6 is 0 Å². The molecule has 1 aliphatic carbocycles. The van der Waals surface area contributed by atoms with Crippen molar-refractivity contribution in [2.75, 3.05) is 13.7 Å². The highest BCUT2D eigenvalue weighted by Crippen LogP contribution is 2.22. The highest BCUT2D eigenvalue weighted by molar-refractivity contribution is 4.82. The Bertz CT molecular complexity index is 179. The van der Waals surface area contributed by atoms with Crippen LogP contribution in [0.1, 0.15) is 46.0 Å². The molecule has 2 unspecified atom stereocenters. The van der Waals surface area contributed by atoms with Crippen molar-refractivity contribution in [1.29, 1.82) is 0 Å². The summed E-state index contributed by atoms with van der Waals surface area (Å²) in [5.41, 5.74) is 0. The molecule has 0 amide bonds. The van der Waals surface area contributed by atoms with E-state index in [2.05, 4.69) is 19.2 Å². The van der Waals surface area contributed by atoms with Gasteiger partial charge in [-0.15, -0.1) is 0 Å². The predicted octanol–water partition coefficient (Wildman–Crippen LogP) is 1.94. The molecule has 1 saturated carbocycles. The average Bonchev–Trinajstić information content (AvgIpc) is 2.35. The molecule has 0 aromatic heterocycles. The molecule has 1 aliphatic rings. The average molecular weight is 229 g/mol. The molecule has 16 heavy (non-hydrogen) atoms. The molecule has 0 heterocycles. The first-order valence-corrected chi connectivity index (χ1v) is 6.60. The second kappa shape index (κ2) is 7.25. The molecule has 2 N–H and O–H groups in total. The van der Waals surface area contributed by atoms with Crippen LogP contribution in [0.5, 0.6) is 0 Å². The van der Waals surface area contributed by atoms with Crippen LogP contribution in [0.3, 0.4) is 0 Å². The van der Waals surface area contributed by atoms with Gasteiger partial charge in [0, 0.05) is 19.2 Å². The van der Waals surface area contributed by atoms with Gasteiger partial charge in [-0.3, -0.25) is 0 Å². The van der Waals surface area contributed by atoms with E-state index < -0.39 is 0 Å². The zero-order valence-corrected chi connectivity index (χ0v) is 10.9. The standard InChI is InChI=1S/C13H27NO2/c1-4-10(2)13(9-15)14-11-5-7-12(16-3)8-6-11/h10-15H,4-9H2,1-3H3. The van der Waals surface area contributed by atoms with Crippen molar-refractivity contribution in [1.82, 2.24) is 5.32 Å². The van der Waals surface area contributed by atoms with E-state index in [4.69, 9.17) is 4.74 Å². The Balaban J connectivity index is 2.31. The molecule has 0 spiro atoms. The number of rotatable bonds is 6. The van der Waals surface area contributed by atoms with Gasteiger partial charge in [0.25, 0.3) is 0 Å².